The molecule has 0 bridgehead atoms. The number of furan rings is 1. The van der Waals surface area contributed by atoms with Crippen LogP contribution in [-0.4, -0.2) is 30.1 Å². The molecule has 1 fully saturated rings. The first-order valence-electron chi connectivity index (χ1n) is 8.76. The number of hydrogen-bond acceptors (Lipinski definition) is 6. The van der Waals surface area contributed by atoms with Crippen LogP contribution in [0.4, 0.5) is 11.5 Å². The third-order valence-corrected chi connectivity index (χ3v) is 4.73. The summed E-state index contributed by atoms with van der Waals surface area (Å²) in [4.78, 5) is 17.2. The summed E-state index contributed by atoms with van der Waals surface area (Å²) in [6.07, 6.45) is 3.67. The highest BCUT2D eigenvalue weighted by molar-refractivity contribution is 5.80. The van der Waals surface area contributed by atoms with Gasteiger partial charge in [-0.3, -0.25) is 10.1 Å². The highest BCUT2D eigenvalue weighted by atomic mass is 16.6. The molecule has 7 heteroatoms. The van der Waals surface area contributed by atoms with Crippen molar-refractivity contribution in [2.45, 2.75) is 12.8 Å². The van der Waals surface area contributed by atoms with Gasteiger partial charge in [-0.25, -0.2) is 0 Å². The minimum atomic E-state index is -0.401. The van der Waals surface area contributed by atoms with Crippen molar-refractivity contribution in [1.29, 1.82) is 0 Å². The van der Waals surface area contributed by atoms with E-state index in [1.165, 1.54) is 24.8 Å². The fourth-order valence-corrected chi connectivity index (χ4v) is 3.34. The lowest BCUT2D eigenvalue weighted by atomic mass is 10.0. The highest BCUT2D eigenvalue weighted by Crippen LogP contribution is 2.32. The number of nitrogens with zero attached hydrogens (tertiary/aromatic N) is 3. The Bertz CT molecular complexity index is 982. The standard InChI is InChI=1S/C20H19N3O4/c1-26-19-7-6-17(23(24)25)20(21-19)22-10-8-14(9-11-22)12-16-13-15-4-2-3-5-18(15)27-16/h2-7,12-13H,8-11H2,1H3. The number of para-hydroxylation sites is 1. The zero-order valence-corrected chi connectivity index (χ0v) is 14.9. The second-order valence-electron chi connectivity index (χ2n) is 6.43. The third kappa shape index (κ3) is 3.48. The summed E-state index contributed by atoms with van der Waals surface area (Å²) in [6.45, 7) is 1.32. The lowest BCUT2D eigenvalue weighted by Crippen LogP contribution is -2.31. The maximum Gasteiger partial charge on any atom is 0.311 e. The van der Waals surface area contributed by atoms with Gasteiger partial charge in [0.1, 0.15) is 11.3 Å². The number of aromatic nitrogens is 1. The molecule has 1 saturated heterocycles. The van der Waals surface area contributed by atoms with Crippen LogP contribution in [0.25, 0.3) is 17.0 Å². The van der Waals surface area contributed by atoms with E-state index < -0.39 is 4.92 Å². The zero-order chi connectivity index (χ0) is 18.8. The molecule has 0 saturated carbocycles. The molecule has 1 aliphatic rings. The average molecular weight is 365 g/mol. The van der Waals surface area contributed by atoms with Crippen molar-refractivity contribution in [2.24, 2.45) is 0 Å². The number of fused-ring (bicyclic) bond motifs is 1. The van der Waals surface area contributed by atoms with E-state index in [1.54, 1.807) is 0 Å². The largest absolute Gasteiger partial charge is 0.481 e. The summed E-state index contributed by atoms with van der Waals surface area (Å²) in [5.74, 6) is 1.58. The van der Waals surface area contributed by atoms with E-state index in [0.29, 0.717) is 24.8 Å². The lowest BCUT2D eigenvalue weighted by Gasteiger charge is -2.29. The number of hydrogen-bond donors (Lipinski definition) is 0. The van der Waals surface area contributed by atoms with Gasteiger partial charge in [0.25, 0.3) is 0 Å². The van der Waals surface area contributed by atoms with Gasteiger partial charge in [-0.2, -0.15) is 4.98 Å². The molecule has 0 unspecified atom stereocenters. The number of rotatable bonds is 4. The first kappa shape index (κ1) is 17.1. The topological polar surface area (TPSA) is 81.6 Å². The van der Waals surface area contributed by atoms with Crippen LogP contribution in [0.15, 0.2) is 52.5 Å². The number of anilines is 1. The molecule has 0 spiro atoms. The van der Waals surface area contributed by atoms with Crippen molar-refractivity contribution in [1.82, 2.24) is 4.98 Å². The summed E-state index contributed by atoms with van der Waals surface area (Å²) in [7, 11) is 1.50. The number of piperidine rings is 1. The maximum absolute atomic E-state index is 11.3. The van der Waals surface area contributed by atoms with Crippen LogP contribution in [0.5, 0.6) is 5.88 Å². The summed E-state index contributed by atoms with van der Waals surface area (Å²) in [5.41, 5.74) is 2.13. The molecule has 7 nitrogen and oxygen atoms in total. The predicted molar refractivity (Wildman–Crippen MR) is 103 cm³/mol. The van der Waals surface area contributed by atoms with E-state index in [2.05, 4.69) is 11.1 Å². The summed E-state index contributed by atoms with van der Waals surface area (Å²) in [5, 5.41) is 12.4. The van der Waals surface area contributed by atoms with Crippen molar-refractivity contribution >= 4 is 28.6 Å². The molecular weight excluding hydrogens is 346 g/mol. The molecule has 138 valence electrons. The van der Waals surface area contributed by atoms with Crippen LogP contribution >= 0.6 is 0 Å². The van der Waals surface area contributed by atoms with Crippen molar-refractivity contribution in [3.63, 3.8) is 0 Å². The van der Waals surface area contributed by atoms with E-state index in [4.69, 9.17) is 9.15 Å². The van der Waals surface area contributed by atoms with Crippen molar-refractivity contribution in [3.8, 4) is 5.88 Å². The Morgan fingerprint density at radius 3 is 2.70 bits per heavy atom. The second kappa shape index (κ2) is 7.11. The van der Waals surface area contributed by atoms with Crippen LogP contribution in [0.2, 0.25) is 0 Å². The molecule has 4 rings (SSSR count). The number of pyridine rings is 1. The Hall–Kier alpha value is -3.35. The highest BCUT2D eigenvalue weighted by Gasteiger charge is 2.25. The fourth-order valence-electron chi connectivity index (χ4n) is 3.34. The molecule has 3 aromatic rings. The molecule has 27 heavy (non-hydrogen) atoms. The predicted octanol–water partition coefficient (Wildman–Crippen LogP) is 4.43. The van der Waals surface area contributed by atoms with E-state index >= 15 is 0 Å². The second-order valence-corrected chi connectivity index (χ2v) is 6.43. The first-order chi connectivity index (χ1) is 13.1. The van der Waals surface area contributed by atoms with Crippen LogP contribution in [0.1, 0.15) is 18.6 Å². The smallest absolute Gasteiger partial charge is 0.311 e. The monoisotopic (exact) mass is 365 g/mol. The average Bonchev–Trinajstić information content (AvgIpc) is 3.10. The van der Waals surface area contributed by atoms with Gasteiger partial charge in [-0.05, 0) is 31.1 Å². The molecule has 0 atom stereocenters. The van der Waals surface area contributed by atoms with Gasteiger partial charge >= 0.3 is 5.69 Å². The summed E-state index contributed by atoms with van der Waals surface area (Å²) in [6, 6.07) is 12.9. The molecule has 1 aromatic carbocycles. The van der Waals surface area contributed by atoms with Crippen molar-refractivity contribution in [2.75, 3.05) is 25.1 Å². The number of nitro groups is 1. The molecule has 2 aromatic heterocycles. The lowest BCUT2D eigenvalue weighted by molar-refractivity contribution is -0.384. The van der Waals surface area contributed by atoms with Gasteiger partial charge in [0.05, 0.1) is 12.0 Å². The van der Waals surface area contributed by atoms with E-state index in [-0.39, 0.29) is 5.69 Å². The zero-order valence-electron chi connectivity index (χ0n) is 14.9. The number of ether oxygens (including phenoxy) is 1. The Morgan fingerprint density at radius 2 is 2.00 bits per heavy atom. The molecule has 0 amide bonds. The molecule has 0 aliphatic carbocycles. The Morgan fingerprint density at radius 1 is 1.22 bits per heavy atom. The SMILES string of the molecule is COc1ccc([N+](=O)[O-])c(N2CCC(=Cc3cc4ccccc4o3)CC2)n1. The van der Waals surface area contributed by atoms with Crippen molar-refractivity contribution in [3.05, 3.63) is 63.9 Å². The fraction of sp³-hybridized carbons (Fsp3) is 0.250. The number of methoxy groups -OCH3 is 1. The third-order valence-electron chi connectivity index (χ3n) is 4.73. The van der Waals surface area contributed by atoms with Crippen LogP contribution in [0.3, 0.4) is 0 Å². The van der Waals surface area contributed by atoms with Crippen LogP contribution in [0, 0.1) is 10.1 Å². The van der Waals surface area contributed by atoms with Gasteiger partial charge in [0.15, 0.2) is 0 Å². The van der Waals surface area contributed by atoms with Gasteiger partial charge in [0, 0.05) is 30.6 Å². The van der Waals surface area contributed by atoms with Crippen LogP contribution < -0.4 is 9.64 Å². The minimum absolute atomic E-state index is 0.000476. The van der Waals surface area contributed by atoms with Gasteiger partial charge in [0.2, 0.25) is 11.7 Å². The molecule has 3 heterocycles. The quantitative estimate of drug-likeness (QED) is 0.502. The Balaban J connectivity index is 1.52. The Labute approximate surface area is 156 Å². The molecule has 0 N–H and O–H groups in total. The minimum Gasteiger partial charge on any atom is -0.481 e. The van der Waals surface area contributed by atoms with E-state index in [1.807, 2.05) is 35.2 Å². The van der Waals surface area contributed by atoms with Crippen molar-refractivity contribution < 1.29 is 14.1 Å². The number of benzene rings is 1. The Kier molecular flexibility index (Phi) is 4.50. The summed E-state index contributed by atoms with van der Waals surface area (Å²) < 4.78 is 11.0. The normalized spacial score (nSPS) is 14.4. The summed E-state index contributed by atoms with van der Waals surface area (Å²) >= 11 is 0. The maximum atomic E-state index is 11.3. The molecule has 0 radical (unpaired) electrons. The van der Waals surface area contributed by atoms with Gasteiger partial charge < -0.3 is 14.1 Å². The molecular formula is C20H19N3O4. The van der Waals surface area contributed by atoms with E-state index in [0.717, 1.165) is 29.6 Å². The van der Waals surface area contributed by atoms with Gasteiger partial charge in [-0.1, -0.05) is 23.8 Å². The molecule has 1 aliphatic heterocycles. The van der Waals surface area contributed by atoms with Gasteiger partial charge in [-0.15, -0.1) is 0 Å². The first-order valence-corrected chi connectivity index (χ1v) is 8.76. The van der Waals surface area contributed by atoms with E-state index in [9.17, 15) is 10.1 Å². The van der Waals surface area contributed by atoms with Crippen LogP contribution in [-0.2, 0) is 0 Å².